The second-order valence-electron chi connectivity index (χ2n) is 21.8. The number of nitrogens with one attached hydrogen (secondary N) is 1. The number of amides is 1. The van der Waals surface area contributed by atoms with E-state index in [1.54, 1.807) is 6.08 Å². The number of carbonyl (C=O) groups excluding carboxylic acids is 2. The molecule has 6 N–H and O–H groups in total. The van der Waals surface area contributed by atoms with Crippen LogP contribution >= 0.6 is 0 Å². The molecule has 11 nitrogen and oxygen atoms in total. The quantitative estimate of drug-likeness (QED) is 0.0195. The Morgan fingerprint density at radius 2 is 0.892 bits per heavy atom. The summed E-state index contributed by atoms with van der Waals surface area (Å²) < 4.78 is 17.6. The maximum atomic E-state index is 13.4. The van der Waals surface area contributed by atoms with E-state index in [2.05, 4.69) is 50.4 Å². The Morgan fingerprint density at radius 1 is 0.514 bits per heavy atom. The minimum Gasteiger partial charge on any atom is -0.454 e. The molecule has 8 unspecified atom stereocenters. The van der Waals surface area contributed by atoms with Gasteiger partial charge in [-0.3, -0.25) is 9.59 Å². The Balaban J connectivity index is 2.70. The molecule has 74 heavy (non-hydrogen) atoms. The highest BCUT2D eigenvalue weighted by Crippen LogP contribution is 2.26. The van der Waals surface area contributed by atoms with Gasteiger partial charge in [0.15, 0.2) is 12.4 Å². The van der Waals surface area contributed by atoms with Crippen molar-refractivity contribution < 1.29 is 49.3 Å². The van der Waals surface area contributed by atoms with Crippen LogP contribution in [-0.2, 0) is 23.8 Å². The Morgan fingerprint density at radius 3 is 1.31 bits per heavy atom. The summed E-state index contributed by atoms with van der Waals surface area (Å²) in [4.78, 5) is 26.5. The average molecular weight is 1050 g/mol. The van der Waals surface area contributed by atoms with Gasteiger partial charge >= 0.3 is 5.97 Å². The highest BCUT2D eigenvalue weighted by molar-refractivity contribution is 5.80. The first-order valence-electron chi connectivity index (χ1n) is 31.3. The molecular weight excluding hydrogens is 931 g/mol. The molecule has 0 aromatic carbocycles. The summed E-state index contributed by atoms with van der Waals surface area (Å²) in [6.45, 7) is 5.79. The molecule has 1 heterocycles. The average Bonchev–Trinajstić information content (AvgIpc) is 3.40. The van der Waals surface area contributed by atoms with Crippen molar-refractivity contribution >= 4 is 11.9 Å². The molecule has 1 aliphatic rings. The standard InChI is InChI=1S/C63H117NO10/c1-4-7-10-13-16-19-22-25-27-28-29-30-32-35-38-41-44-47-50-56(67)62(71)64-54(55(66)49-46-43-40-37-34-31-24-21-18-15-12-9-6-3)53-72-63-61(60(70)59(69)57(52-65)73-63)74-58(68)51-48-45-42-39-36-33-26-23-20-17-14-11-8-5-2/h25,27,33,36,46,49,54-57,59-61,63,65-67,69-70H,4-24,26,28-32,34-35,37-45,47-48,50-53H2,1-3H3,(H,64,71)/b27-25+,36-33-,49-46+. The topological polar surface area (TPSA) is 175 Å². The number of unbranched alkanes of at least 4 members (excludes halogenated alkanes) is 35. The summed E-state index contributed by atoms with van der Waals surface area (Å²) in [7, 11) is 0. The first-order valence-corrected chi connectivity index (χ1v) is 31.3. The lowest BCUT2D eigenvalue weighted by Crippen LogP contribution is -2.61. The van der Waals surface area contributed by atoms with E-state index in [9.17, 15) is 35.1 Å². The lowest BCUT2D eigenvalue weighted by atomic mass is 9.99. The van der Waals surface area contributed by atoms with Crippen LogP contribution in [0.2, 0.25) is 0 Å². The van der Waals surface area contributed by atoms with Crippen LogP contribution in [-0.4, -0.2) is 99.6 Å². The molecule has 8 atom stereocenters. The maximum Gasteiger partial charge on any atom is 0.306 e. The molecule has 0 aromatic rings. The lowest BCUT2D eigenvalue weighted by molar-refractivity contribution is -0.305. The highest BCUT2D eigenvalue weighted by atomic mass is 16.7. The van der Waals surface area contributed by atoms with Crippen molar-refractivity contribution in [2.45, 2.75) is 339 Å². The molecule has 1 rings (SSSR count). The van der Waals surface area contributed by atoms with Crippen LogP contribution in [0.1, 0.15) is 290 Å². The molecule has 0 saturated carbocycles. The predicted molar refractivity (Wildman–Crippen MR) is 306 cm³/mol. The fourth-order valence-corrected chi connectivity index (χ4v) is 9.76. The van der Waals surface area contributed by atoms with Gasteiger partial charge in [-0.05, 0) is 77.0 Å². The van der Waals surface area contributed by atoms with Crippen LogP contribution in [0.3, 0.4) is 0 Å². The van der Waals surface area contributed by atoms with E-state index in [1.807, 2.05) is 6.08 Å². The van der Waals surface area contributed by atoms with Gasteiger partial charge in [0.2, 0.25) is 5.91 Å². The lowest BCUT2D eigenvalue weighted by Gasteiger charge is -2.41. The third kappa shape index (κ3) is 39.3. The summed E-state index contributed by atoms with van der Waals surface area (Å²) in [5.74, 6) is -1.21. The fraction of sp³-hybridized carbons (Fsp3) is 0.873. The van der Waals surface area contributed by atoms with Crippen LogP contribution in [0.4, 0.5) is 0 Å². The van der Waals surface area contributed by atoms with Gasteiger partial charge in [0.1, 0.15) is 24.4 Å². The monoisotopic (exact) mass is 1050 g/mol. The zero-order chi connectivity index (χ0) is 54.0. The molecule has 1 aliphatic heterocycles. The zero-order valence-corrected chi connectivity index (χ0v) is 48.0. The van der Waals surface area contributed by atoms with Crippen molar-refractivity contribution in [3.05, 3.63) is 36.5 Å². The summed E-state index contributed by atoms with van der Waals surface area (Å²) in [5.41, 5.74) is 0. The molecule has 0 aromatic heterocycles. The van der Waals surface area contributed by atoms with E-state index in [0.717, 1.165) is 70.6 Å². The second-order valence-corrected chi connectivity index (χ2v) is 21.8. The Bertz CT molecular complexity index is 1340. The molecule has 11 heteroatoms. The molecule has 1 fully saturated rings. The number of hydrogen-bond donors (Lipinski definition) is 6. The van der Waals surface area contributed by atoms with Crippen LogP contribution in [0.25, 0.3) is 0 Å². The molecule has 0 aliphatic carbocycles. The molecule has 1 saturated heterocycles. The van der Waals surface area contributed by atoms with Crippen molar-refractivity contribution in [1.29, 1.82) is 0 Å². The third-order valence-corrected chi connectivity index (χ3v) is 14.8. The van der Waals surface area contributed by atoms with Crippen LogP contribution < -0.4 is 5.32 Å². The number of rotatable bonds is 53. The van der Waals surface area contributed by atoms with Gasteiger partial charge in [0.05, 0.1) is 25.4 Å². The van der Waals surface area contributed by atoms with Gasteiger partial charge < -0.3 is 45.1 Å². The molecule has 0 spiro atoms. The van der Waals surface area contributed by atoms with Gasteiger partial charge in [0.25, 0.3) is 0 Å². The van der Waals surface area contributed by atoms with Gasteiger partial charge in [-0.1, -0.05) is 243 Å². The smallest absolute Gasteiger partial charge is 0.306 e. The van der Waals surface area contributed by atoms with Crippen molar-refractivity contribution in [2.75, 3.05) is 13.2 Å². The number of hydrogen-bond acceptors (Lipinski definition) is 10. The highest BCUT2D eigenvalue weighted by Gasteiger charge is 2.47. The molecule has 0 bridgehead atoms. The minimum atomic E-state index is -1.62. The van der Waals surface area contributed by atoms with Crippen molar-refractivity contribution in [1.82, 2.24) is 5.32 Å². The fourth-order valence-electron chi connectivity index (χ4n) is 9.76. The molecule has 0 radical (unpaired) electrons. The Labute approximate surface area is 453 Å². The first-order chi connectivity index (χ1) is 36.2. The van der Waals surface area contributed by atoms with E-state index in [4.69, 9.17) is 14.2 Å². The summed E-state index contributed by atoms with van der Waals surface area (Å²) in [5, 5.41) is 57.0. The molecule has 1 amide bonds. The second kappa shape index (κ2) is 51.6. The predicted octanol–water partition coefficient (Wildman–Crippen LogP) is 14.7. The van der Waals surface area contributed by atoms with Gasteiger partial charge in [-0.2, -0.15) is 0 Å². The van der Waals surface area contributed by atoms with Crippen molar-refractivity contribution in [3.63, 3.8) is 0 Å². The number of aliphatic hydroxyl groups is 5. The number of carbonyl (C=O) groups is 2. The first kappa shape index (κ1) is 69.9. The van der Waals surface area contributed by atoms with E-state index in [1.165, 1.54) is 173 Å². The van der Waals surface area contributed by atoms with Crippen LogP contribution in [0.5, 0.6) is 0 Å². The number of ether oxygens (including phenoxy) is 3. The molecular formula is C63H117NO10. The third-order valence-electron chi connectivity index (χ3n) is 14.8. The number of aliphatic hydroxyl groups excluding tert-OH is 5. The van der Waals surface area contributed by atoms with Gasteiger partial charge in [-0.25, -0.2) is 0 Å². The zero-order valence-electron chi connectivity index (χ0n) is 48.0. The van der Waals surface area contributed by atoms with Crippen LogP contribution in [0, 0.1) is 0 Å². The van der Waals surface area contributed by atoms with E-state index in [0.29, 0.717) is 12.8 Å². The van der Waals surface area contributed by atoms with Crippen LogP contribution in [0.15, 0.2) is 36.5 Å². The number of allylic oxidation sites excluding steroid dienone is 5. The number of esters is 1. The molecule has 434 valence electrons. The van der Waals surface area contributed by atoms with E-state index < -0.39 is 67.4 Å². The minimum absolute atomic E-state index is 0.105. The van der Waals surface area contributed by atoms with Gasteiger partial charge in [0, 0.05) is 6.42 Å². The Hall–Kier alpha value is -2.12. The summed E-state index contributed by atoms with van der Waals surface area (Å²) in [6, 6.07) is -1.03. The summed E-state index contributed by atoms with van der Waals surface area (Å²) in [6.07, 6.45) is 50.4. The normalized spacial score (nSPS) is 19.5. The SMILES string of the molecule is CCCCCCCC/C=C/CCCCCCCCCCC(O)C(=O)NC(COC1OC(CO)C(O)C(O)C1OC(=O)CCCCC/C=C\CCCCCCCCC)C(O)/C=C/CCCCCCCCCCCCC. The van der Waals surface area contributed by atoms with E-state index >= 15 is 0 Å². The van der Waals surface area contributed by atoms with Gasteiger partial charge in [-0.15, -0.1) is 0 Å². The Kier molecular flexibility index (Phi) is 48.8. The maximum absolute atomic E-state index is 13.4. The van der Waals surface area contributed by atoms with Crippen molar-refractivity contribution in [3.8, 4) is 0 Å². The van der Waals surface area contributed by atoms with E-state index in [-0.39, 0.29) is 19.4 Å². The van der Waals surface area contributed by atoms with Crippen molar-refractivity contribution in [2.24, 2.45) is 0 Å². The largest absolute Gasteiger partial charge is 0.454 e. The summed E-state index contributed by atoms with van der Waals surface area (Å²) >= 11 is 0.